The average Bonchev–Trinajstić information content (AvgIpc) is 2.77. The molecule has 1 fully saturated rings. The Balaban J connectivity index is 0.00000306. The minimum Gasteiger partial charge on any atom is -0.496 e. The molecule has 2 heterocycles. The predicted octanol–water partition coefficient (Wildman–Crippen LogP) is 6.29. The molecule has 0 amide bonds. The van der Waals surface area contributed by atoms with E-state index in [9.17, 15) is 0 Å². The number of aromatic nitrogens is 1. The highest BCUT2D eigenvalue weighted by Crippen LogP contribution is 2.37. The first-order chi connectivity index (χ1) is 15.3. The molecule has 7 heteroatoms. The molecule has 4 rings (SSSR count). The van der Waals surface area contributed by atoms with Gasteiger partial charge in [0.25, 0.3) is 0 Å². The van der Waals surface area contributed by atoms with Crippen molar-refractivity contribution < 1.29 is 4.74 Å². The van der Waals surface area contributed by atoms with Crippen LogP contribution < -0.4 is 20.3 Å². The number of ether oxygens (including phenoxy) is 1. The van der Waals surface area contributed by atoms with Crippen LogP contribution in [0.1, 0.15) is 39.2 Å². The lowest BCUT2D eigenvalue weighted by Crippen LogP contribution is -2.49. The number of pyridine rings is 1. The number of hydrogen-bond acceptors (Lipinski definition) is 5. The SMILES string of the molecule is COc1cccc2nc(NCc3ccc(Cl)cc3)cc(N3CCC(NC(C)(C)C)CC3)c12.Cl. The van der Waals surface area contributed by atoms with Crippen LogP contribution in [0, 0.1) is 0 Å². The molecule has 178 valence electrons. The number of piperidine rings is 1. The molecular weight excluding hydrogens is 455 g/mol. The minimum absolute atomic E-state index is 0. The molecule has 1 saturated heterocycles. The van der Waals surface area contributed by atoms with E-state index in [1.165, 1.54) is 5.69 Å². The predicted molar refractivity (Wildman–Crippen MR) is 142 cm³/mol. The molecule has 2 N–H and O–H groups in total. The number of halogens is 2. The topological polar surface area (TPSA) is 49.4 Å². The minimum atomic E-state index is 0. The van der Waals surface area contributed by atoms with Crippen molar-refractivity contribution in [3.8, 4) is 5.75 Å². The first kappa shape index (κ1) is 25.4. The van der Waals surface area contributed by atoms with Crippen LogP contribution in [-0.4, -0.2) is 36.8 Å². The standard InChI is InChI=1S/C26H33ClN4O.ClH/c1-26(2,3)30-20-12-14-31(15-13-20)22-16-24(28-17-18-8-10-19(27)11-9-18)29-21-6-5-7-23(32-4)25(21)22;/h5-11,16,20,30H,12-15,17H2,1-4H3,(H,28,29);1H. The Labute approximate surface area is 208 Å². The van der Waals surface area contributed by atoms with E-state index in [4.69, 9.17) is 21.3 Å². The van der Waals surface area contributed by atoms with Crippen molar-refractivity contribution in [3.63, 3.8) is 0 Å². The summed E-state index contributed by atoms with van der Waals surface area (Å²) in [5.74, 6) is 1.73. The van der Waals surface area contributed by atoms with Crippen molar-refractivity contribution in [2.24, 2.45) is 0 Å². The molecule has 1 aromatic heterocycles. The summed E-state index contributed by atoms with van der Waals surface area (Å²) in [5, 5.41) is 9.08. The number of anilines is 2. The molecule has 0 saturated carbocycles. The fraction of sp³-hybridized carbons (Fsp3) is 0.423. The third-order valence-electron chi connectivity index (χ3n) is 5.85. The summed E-state index contributed by atoms with van der Waals surface area (Å²) < 4.78 is 5.71. The Morgan fingerprint density at radius 1 is 1.09 bits per heavy atom. The van der Waals surface area contributed by atoms with Crippen molar-refractivity contribution in [1.82, 2.24) is 10.3 Å². The molecule has 5 nitrogen and oxygen atoms in total. The molecule has 0 radical (unpaired) electrons. The number of hydrogen-bond donors (Lipinski definition) is 2. The lowest BCUT2D eigenvalue weighted by Gasteiger charge is -2.38. The lowest BCUT2D eigenvalue weighted by atomic mass is 9.99. The van der Waals surface area contributed by atoms with E-state index in [0.717, 1.165) is 59.0 Å². The number of benzene rings is 2. The Hall–Kier alpha value is -2.21. The molecule has 1 aliphatic rings. The van der Waals surface area contributed by atoms with E-state index < -0.39 is 0 Å². The van der Waals surface area contributed by atoms with Crippen LogP contribution >= 0.6 is 24.0 Å². The van der Waals surface area contributed by atoms with Gasteiger partial charge in [0, 0.05) is 42.3 Å². The second-order valence-corrected chi connectivity index (χ2v) is 9.95. The Morgan fingerprint density at radius 3 is 2.42 bits per heavy atom. The van der Waals surface area contributed by atoms with Crippen molar-refractivity contribution in [3.05, 3.63) is 59.1 Å². The van der Waals surface area contributed by atoms with Gasteiger partial charge < -0.3 is 20.3 Å². The van der Waals surface area contributed by atoms with Crippen LogP contribution in [0.2, 0.25) is 5.02 Å². The Morgan fingerprint density at radius 2 is 1.79 bits per heavy atom. The molecule has 0 bridgehead atoms. The van der Waals surface area contributed by atoms with Crippen LogP contribution in [0.3, 0.4) is 0 Å². The van der Waals surface area contributed by atoms with E-state index in [-0.39, 0.29) is 17.9 Å². The molecule has 1 aliphatic heterocycles. The largest absolute Gasteiger partial charge is 0.496 e. The van der Waals surface area contributed by atoms with Crippen LogP contribution in [0.5, 0.6) is 5.75 Å². The maximum Gasteiger partial charge on any atom is 0.130 e. The summed E-state index contributed by atoms with van der Waals surface area (Å²) >= 11 is 6.02. The fourth-order valence-electron chi connectivity index (χ4n) is 4.42. The van der Waals surface area contributed by atoms with Gasteiger partial charge in [0.1, 0.15) is 11.6 Å². The van der Waals surface area contributed by atoms with E-state index in [0.29, 0.717) is 12.6 Å². The maximum absolute atomic E-state index is 6.02. The van der Waals surface area contributed by atoms with E-state index >= 15 is 0 Å². The van der Waals surface area contributed by atoms with Crippen LogP contribution in [0.15, 0.2) is 48.5 Å². The number of nitrogens with zero attached hydrogens (tertiary/aromatic N) is 2. The summed E-state index contributed by atoms with van der Waals surface area (Å²) in [6, 6.07) is 16.7. The number of methoxy groups -OCH3 is 1. The zero-order valence-electron chi connectivity index (χ0n) is 19.8. The maximum atomic E-state index is 6.02. The van der Waals surface area contributed by atoms with Crippen molar-refractivity contribution in [2.45, 2.75) is 51.7 Å². The van der Waals surface area contributed by atoms with E-state index in [2.05, 4.69) is 48.4 Å². The molecule has 0 aliphatic carbocycles. The quantitative estimate of drug-likeness (QED) is 0.426. The summed E-state index contributed by atoms with van der Waals surface area (Å²) in [4.78, 5) is 7.35. The van der Waals surface area contributed by atoms with Gasteiger partial charge in [0.05, 0.1) is 23.7 Å². The van der Waals surface area contributed by atoms with Gasteiger partial charge in [-0.15, -0.1) is 12.4 Å². The average molecular weight is 489 g/mol. The highest BCUT2D eigenvalue weighted by atomic mass is 35.5. The van der Waals surface area contributed by atoms with Crippen molar-refractivity contribution in [1.29, 1.82) is 0 Å². The Bertz CT molecular complexity index is 1060. The summed E-state index contributed by atoms with van der Waals surface area (Å²) in [5.41, 5.74) is 3.42. The Kier molecular flexibility index (Phi) is 8.33. The monoisotopic (exact) mass is 488 g/mol. The van der Waals surface area contributed by atoms with Gasteiger partial charge in [0.15, 0.2) is 0 Å². The highest BCUT2D eigenvalue weighted by Gasteiger charge is 2.25. The van der Waals surface area contributed by atoms with Gasteiger partial charge in [-0.25, -0.2) is 4.98 Å². The van der Waals surface area contributed by atoms with Gasteiger partial charge in [-0.3, -0.25) is 0 Å². The van der Waals surface area contributed by atoms with Gasteiger partial charge >= 0.3 is 0 Å². The third-order valence-corrected chi connectivity index (χ3v) is 6.11. The normalized spacial score (nSPS) is 14.8. The third kappa shape index (κ3) is 6.44. The molecule has 0 unspecified atom stereocenters. The van der Waals surface area contributed by atoms with E-state index in [1.54, 1.807) is 7.11 Å². The fourth-order valence-corrected chi connectivity index (χ4v) is 4.54. The van der Waals surface area contributed by atoms with Crippen molar-refractivity contribution >= 4 is 46.4 Å². The first-order valence-electron chi connectivity index (χ1n) is 11.3. The summed E-state index contributed by atoms with van der Waals surface area (Å²) in [6.07, 6.45) is 2.23. The second kappa shape index (κ2) is 10.8. The summed E-state index contributed by atoms with van der Waals surface area (Å²) in [6.45, 7) is 9.40. The smallest absolute Gasteiger partial charge is 0.130 e. The molecular formula is C26H34Cl2N4O. The van der Waals surface area contributed by atoms with Crippen LogP contribution in [-0.2, 0) is 6.54 Å². The van der Waals surface area contributed by atoms with E-state index in [1.807, 2.05) is 36.4 Å². The molecule has 0 atom stereocenters. The molecule has 33 heavy (non-hydrogen) atoms. The van der Waals surface area contributed by atoms with Gasteiger partial charge in [-0.2, -0.15) is 0 Å². The molecule has 2 aromatic carbocycles. The second-order valence-electron chi connectivity index (χ2n) is 9.52. The number of rotatable bonds is 6. The van der Waals surface area contributed by atoms with Gasteiger partial charge in [-0.05, 0) is 63.4 Å². The van der Waals surface area contributed by atoms with Crippen LogP contribution in [0.25, 0.3) is 10.9 Å². The molecule has 0 spiro atoms. The zero-order valence-corrected chi connectivity index (χ0v) is 21.4. The first-order valence-corrected chi connectivity index (χ1v) is 11.7. The summed E-state index contributed by atoms with van der Waals surface area (Å²) in [7, 11) is 1.73. The van der Waals surface area contributed by atoms with Gasteiger partial charge in [0.2, 0.25) is 0 Å². The van der Waals surface area contributed by atoms with Crippen LogP contribution in [0.4, 0.5) is 11.5 Å². The van der Waals surface area contributed by atoms with Gasteiger partial charge in [-0.1, -0.05) is 29.8 Å². The number of nitrogens with one attached hydrogen (secondary N) is 2. The molecule has 3 aromatic rings. The van der Waals surface area contributed by atoms with Crippen molar-refractivity contribution in [2.75, 3.05) is 30.4 Å². The highest BCUT2D eigenvalue weighted by molar-refractivity contribution is 6.30. The lowest BCUT2D eigenvalue weighted by molar-refractivity contribution is 0.317. The number of fused-ring (bicyclic) bond motifs is 1. The zero-order chi connectivity index (χ0) is 22.7.